The van der Waals surface area contributed by atoms with Crippen molar-refractivity contribution in [2.45, 2.75) is 60.9 Å². The number of carbonyl (C=O) groups excluding carboxylic acids is 1. The highest BCUT2D eigenvalue weighted by Gasteiger charge is 2.21. The van der Waals surface area contributed by atoms with Gasteiger partial charge in [0.15, 0.2) is 6.61 Å². The minimum Gasteiger partial charge on any atom is -0.484 e. The van der Waals surface area contributed by atoms with Gasteiger partial charge in [-0.25, -0.2) is 13.1 Å². The molecule has 1 atom stereocenters. The average Bonchev–Trinajstić information content (AvgIpc) is 2.78. The number of ether oxygens (including phenoxy) is 1. The van der Waals surface area contributed by atoms with Gasteiger partial charge in [-0.05, 0) is 68.0 Å². The van der Waals surface area contributed by atoms with Crippen LogP contribution in [0.3, 0.4) is 0 Å². The maximum atomic E-state index is 12.6. The molecular formula is C23H30N2O4S2. The first-order chi connectivity index (χ1) is 14.9. The molecule has 1 amide bonds. The molecule has 3 rings (SSSR count). The number of benzene rings is 2. The van der Waals surface area contributed by atoms with Crippen molar-refractivity contribution in [2.75, 3.05) is 12.9 Å². The zero-order valence-corrected chi connectivity index (χ0v) is 19.6. The van der Waals surface area contributed by atoms with Crippen LogP contribution in [0.1, 0.15) is 50.6 Å². The van der Waals surface area contributed by atoms with Crippen LogP contribution in [0, 0.1) is 0 Å². The van der Waals surface area contributed by atoms with Crippen molar-refractivity contribution in [1.29, 1.82) is 0 Å². The third kappa shape index (κ3) is 6.98. The molecule has 1 saturated carbocycles. The number of amides is 1. The smallest absolute Gasteiger partial charge is 0.258 e. The van der Waals surface area contributed by atoms with Gasteiger partial charge in [-0.2, -0.15) is 0 Å². The Morgan fingerprint density at radius 2 is 1.71 bits per heavy atom. The van der Waals surface area contributed by atoms with E-state index in [2.05, 4.69) is 10.0 Å². The number of rotatable bonds is 9. The predicted molar refractivity (Wildman–Crippen MR) is 124 cm³/mol. The van der Waals surface area contributed by atoms with E-state index in [-0.39, 0.29) is 29.5 Å². The fourth-order valence-corrected chi connectivity index (χ4v) is 5.34. The fourth-order valence-electron chi connectivity index (χ4n) is 3.63. The summed E-state index contributed by atoms with van der Waals surface area (Å²) in [4.78, 5) is 13.6. The van der Waals surface area contributed by atoms with Gasteiger partial charge in [0.05, 0.1) is 10.9 Å². The van der Waals surface area contributed by atoms with Crippen LogP contribution in [0.2, 0.25) is 0 Å². The minimum absolute atomic E-state index is 0.0114. The first-order valence-corrected chi connectivity index (χ1v) is 13.3. The normalized spacial score (nSPS) is 15.9. The van der Waals surface area contributed by atoms with E-state index in [1.54, 1.807) is 23.9 Å². The summed E-state index contributed by atoms with van der Waals surface area (Å²) in [5.41, 5.74) is 1.02. The highest BCUT2D eigenvalue weighted by Crippen LogP contribution is 2.22. The van der Waals surface area contributed by atoms with Crippen LogP contribution >= 0.6 is 11.8 Å². The van der Waals surface area contributed by atoms with Crippen LogP contribution < -0.4 is 14.8 Å². The monoisotopic (exact) mass is 462 g/mol. The van der Waals surface area contributed by atoms with Crippen LogP contribution in [-0.2, 0) is 14.8 Å². The lowest BCUT2D eigenvalue weighted by atomic mass is 9.96. The van der Waals surface area contributed by atoms with Crippen LogP contribution in [0.25, 0.3) is 0 Å². The van der Waals surface area contributed by atoms with Gasteiger partial charge in [0, 0.05) is 10.9 Å². The zero-order chi connectivity index (χ0) is 22.3. The molecule has 8 heteroatoms. The summed E-state index contributed by atoms with van der Waals surface area (Å²) < 4.78 is 33.4. The maximum absolute atomic E-state index is 12.6. The molecule has 2 N–H and O–H groups in total. The Morgan fingerprint density at radius 3 is 2.32 bits per heavy atom. The fraction of sp³-hybridized carbons (Fsp3) is 0.435. The Labute approximate surface area is 189 Å². The third-order valence-corrected chi connectivity index (χ3v) is 7.70. The number of hydrogen-bond acceptors (Lipinski definition) is 5. The molecule has 6 nitrogen and oxygen atoms in total. The van der Waals surface area contributed by atoms with E-state index in [9.17, 15) is 13.2 Å². The number of sulfonamides is 1. The second-order valence-electron chi connectivity index (χ2n) is 7.78. The molecule has 0 saturated heterocycles. The van der Waals surface area contributed by atoms with Gasteiger partial charge in [0.2, 0.25) is 10.0 Å². The molecule has 2 aromatic rings. The molecule has 1 aliphatic carbocycles. The Kier molecular flexibility index (Phi) is 8.40. The van der Waals surface area contributed by atoms with Crippen molar-refractivity contribution in [1.82, 2.24) is 10.0 Å². The van der Waals surface area contributed by atoms with Gasteiger partial charge < -0.3 is 10.1 Å². The Balaban J connectivity index is 1.49. The molecule has 0 bridgehead atoms. The van der Waals surface area contributed by atoms with Gasteiger partial charge in [-0.1, -0.05) is 31.4 Å². The van der Waals surface area contributed by atoms with E-state index in [0.29, 0.717) is 5.75 Å². The first-order valence-electron chi connectivity index (χ1n) is 10.6. The lowest BCUT2D eigenvalue weighted by Crippen LogP contribution is -2.36. The molecule has 0 heterocycles. The number of thioether (sulfide) groups is 1. The van der Waals surface area contributed by atoms with Crippen molar-refractivity contribution in [3.05, 3.63) is 54.1 Å². The molecular weight excluding hydrogens is 432 g/mol. The van der Waals surface area contributed by atoms with E-state index in [0.717, 1.165) is 31.2 Å². The van der Waals surface area contributed by atoms with Gasteiger partial charge in [0.1, 0.15) is 5.75 Å². The average molecular weight is 463 g/mol. The lowest BCUT2D eigenvalue weighted by molar-refractivity contribution is -0.123. The summed E-state index contributed by atoms with van der Waals surface area (Å²) >= 11 is 1.67. The summed E-state index contributed by atoms with van der Waals surface area (Å²) in [6.07, 6.45) is 7.08. The molecule has 2 aromatic carbocycles. The second kappa shape index (κ2) is 11.0. The molecule has 0 aliphatic heterocycles. The van der Waals surface area contributed by atoms with Crippen molar-refractivity contribution in [2.24, 2.45) is 0 Å². The van der Waals surface area contributed by atoms with Crippen molar-refractivity contribution in [3.63, 3.8) is 0 Å². The third-order valence-electron chi connectivity index (χ3n) is 5.42. The maximum Gasteiger partial charge on any atom is 0.258 e. The predicted octanol–water partition coefficient (Wildman–Crippen LogP) is 4.28. The molecule has 31 heavy (non-hydrogen) atoms. The van der Waals surface area contributed by atoms with E-state index < -0.39 is 10.0 Å². The zero-order valence-electron chi connectivity index (χ0n) is 18.0. The minimum atomic E-state index is -3.55. The molecule has 0 spiro atoms. The summed E-state index contributed by atoms with van der Waals surface area (Å²) in [6, 6.07) is 14.1. The second-order valence-corrected chi connectivity index (χ2v) is 10.4. The highest BCUT2D eigenvalue weighted by molar-refractivity contribution is 7.98. The summed E-state index contributed by atoms with van der Waals surface area (Å²) in [5.74, 6) is 0.209. The van der Waals surface area contributed by atoms with Gasteiger partial charge in [-0.15, -0.1) is 11.8 Å². The van der Waals surface area contributed by atoms with Crippen LogP contribution in [0.5, 0.6) is 5.75 Å². The lowest BCUT2D eigenvalue weighted by Gasteiger charge is -2.22. The molecule has 1 fully saturated rings. The Morgan fingerprint density at radius 1 is 1.06 bits per heavy atom. The van der Waals surface area contributed by atoms with E-state index in [1.165, 1.54) is 23.4 Å². The van der Waals surface area contributed by atoms with Gasteiger partial charge >= 0.3 is 0 Å². The molecule has 0 unspecified atom stereocenters. The molecule has 1 aliphatic rings. The Bertz CT molecular complexity index is 954. The summed E-state index contributed by atoms with van der Waals surface area (Å²) in [6.45, 7) is 1.78. The van der Waals surface area contributed by atoms with Gasteiger partial charge in [-0.3, -0.25) is 4.79 Å². The van der Waals surface area contributed by atoms with Gasteiger partial charge in [0.25, 0.3) is 5.91 Å². The first kappa shape index (κ1) is 23.6. The van der Waals surface area contributed by atoms with Crippen molar-refractivity contribution in [3.8, 4) is 5.75 Å². The molecule has 0 radical (unpaired) electrons. The number of carbonyl (C=O) groups is 1. The summed E-state index contributed by atoms with van der Waals surface area (Å²) in [5, 5.41) is 2.91. The molecule has 168 valence electrons. The van der Waals surface area contributed by atoms with Crippen LogP contribution in [-0.4, -0.2) is 33.2 Å². The largest absolute Gasteiger partial charge is 0.484 e. The number of nitrogens with one attached hydrogen (secondary N) is 2. The standard InChI is InChI=1S/C23H30N2O4S2/c1-17(18-8-12-21(30-2)13-9-18)24-23(26)16-29-20-10-14-22(15-11-20)31(27,28)25-19-6-4-3-5-7-19/h8-15,17,19,25H,3-7,16H2,1-2H3,(H,24,26)/t17-/m1/s1. The topological polar surface area (TPSA) is 84.5 Å². The van der Waals surface area contributed by atoms with Crippen molar-refractivity contribution >= 4 is 27.7 Å². The van der Waals surface area contributed by atoms with E-state index in [1.807, 2.05) is 37.4 Å². The Hall–Kier alpha value is -2.03. The highest BCUT2D eigenvalue weighted by atomic mass is 32.2. The van der Waals surface area contributed by atoms with E-state index >= 15 is 0 Å². The summed E-state index contributed by atoms with van der Waals surface area (Å²) in [7, 11) is -3.55. The van der Waals surface area contributed by atoms with Crippen LogP contribution in [0.4, 0.5) is 0 Å². The SMILES string of the molecule is CSc1ccc([C@@H](C)NC(=O)COc2ccc(S(=O)(=O)NC3CCCCC3)cc2)cc1. The van der Waals surface area contributed by atoms with Crippen molar-refractivity contribution < 1.29 is 17.9 Å². The number of hydrogen-bond donors (Lipinski definition) is 2. The quantitative estimate of drug-likeness (QED) is 0.544. The molecule has 0 aromatic heterocycles. The van der Waals surface area contributed by atoms with Crippen LogP contribution in [0.15, 0.2) is 58.3 Å². The van der Waals surface area contributed by atoms with E-state index in [4.69, 9.17) is 4.74 Å².